The van der Waals surface area contributed by atoms with Crippen molar-refractivity contribution in [3.8, 4) is 0 Å². The summed E-state index contributed by atoms with van der Waals surface area (Å²) in [5.41, 5.74) is 5.42. The molecule has 0 saturated carbocycles. The summed E-state index contributed by atoms with van der Waals surface area (Å²) in [6, 6.07) is 2.90. The molecule has 0 fully saturated rings. The normalized spacial score (nSPS) is 13.8. The van der Waals surface area contributed by atoms with Gasteiger partial charge in [0.1, 0.15) is 5.82 Å². The van der Waals surface area contributed by atoms with Gasteiger partial charge in [0.15, 0.2) is 0 Å². The zero-order valence-corrected chi connectivity index (χ0v) is 10.1. The third kappa shape index (κ3) is 3.41. The maximum absolute atomic E-state index is 12.8. The van der Waals surface area contributed by atoms with Gasteiger partial charge in [-0.1, -0.05) is 11.6 Å². The second-order valence-corrected chi connectivity index (χ2v) is 5.58. The Labute approximate surface area is 98.6 Å². The van der Waals surface area contributed by atoms with E-state index in [0.29, 0.717) is 0 Å². The standard InChI is InChI=1S/C9H12ClFN2O2S/c1-6(12)5-13-16(14,15)7-2-3-9(11)8(10)4-7/h2-4,6,13H,5,12H2,1H3. The maximum atomic E-state index is 12.8. The summed E-state index contributed by atoms with van der Waals surface area (Å²) < 4.78 is 38.4. The smallest absolute Gasteiger partial charge is 0.240 e. The molecule has 1 aromatic rings. The fourth-order valence-electron chi connectivity index (χ4n) is 0.968. The quantitative estimate of drug-likeness (QED) is 0.857. The van der Waals surface area contributed by atoms with Crippen LogP contribution in [0, 0.1) is 5.82 Å². The van der Waals surface area contributed by atoms with Crippen molar-refractivity contribution in [3.63, 3.8) is 0 Å². The summed E-state index contributed by atoms with van der Waals surface area (Å²) in [5, 5.41) is -0.233. The molecular formula is C9H12ClFN2O2S. The lowest BCUT2D eigenvalue weighted by Gasteiger charge is -2.09. The van der Waals surface area contributed by atoms with Crippen LogP contribution >= 0.6 is 11.6 Å². The van der Waals surface area contributed by atoms with Crippen LogP contribution in [0.3, 0.4) is 0 Å². The fraction of sp³-hybridized carbons (Fsp3) is 0.333. The van der Waals surface area contributed by atoms with Gasteiger partial charge in [-0.05, 0) is 25.1 Å². The van der Waals surface area contributed by atoms with Crippen molar-refractivity contribution in [3.05, 3.63) is 29.0 Å². The zero-order chi connectivity index (χ0) is 12.3. The summed E-state index contributed by atoms with van der Waals surface area (Å²) >= 11 is 5.49. The summed E-state index contributed by atoms with van der Waals surface area (Å²) in [5.74, 6) is -0.659. The molecule has 16 heavy (non-hydrogen) atoms. The average molecular weight is 267 g/mol. The first-order valence-electron chi connectivity index (χ1n) is 4.53. The van der Waals surface area contributed by atoms with Crippen LogP contribution in [0.1, 0.15) is 6.92 Å². The van der Waals surface area contributed by atoms with E-state index in [1.165, 1.54) is 0 Å². The molecule has 0 radical (unpaired) electrons. The van der Waals surface area contributed by atoms with Crippen LogP contribution in [0.4, 0.5) is 4.39 Å². The first kappa shape index (κ1) is 13.4. The Balaban J connectivity index is 2.94. The minimum absolute atomic E-state index is 0.0837. The predicted octanol–water partition coefficient (Wildman–Crippen LogP) is 1.10. The van der Waals surface area contributed by atoms with Crippen molar-refractivity contribution >= 4 is 21.6 Å². The first-order chi connectivity index (χ1) is 7.33. The molecule has 4 nitrogen and oxygen atoms in total. The Morgan fingerprint density at radius 2 is 2.19 bits per heavy atom. The number of nitrogens with two attached hydrogens (primary N) is 1. The van der Waals surface area contributed by atoms with Crippen molar-refractivity contribution < 1.29 is 12.8 Å². The SMILES string of the molecule is CC(N)CNS(=O)(=O)c1ccc(F)c(Cl)c1. The maximum Gasteiger partial charge on any atom is 0.240 e. The molecule has 0 aliphatic carbocycles. The molecule has 0 aliphatic heterocycles. The van der Waals surface area contributed by atoms with Gasteiger partial charge < -0.3 is 5.73 Å². The van der Waals surface area contributed by atoms with E-state index in [4.69, 9.17) is 17.3 Å². The van der Waals surface area contributed by atoms with Gasteiger partial charge in [0.25, 0.3) is 0 Å². The Hall–Kier alpha value is -0.690. The molecule has 0 aliphatic rings. The van der Waals surface area contributed by atoms with Crippen LogP contribution < -0.4 is 10.5 Å². The Bertz CT molecular complexity index is 476. The van der Waals surface area contributed by atoms with E-state index < -0.39 is 15.8 Å². The molecule has 1 unspecified atom stereocenters. The highest BCUT2D eigenvalue weighted by Gasteiger charge is 2.15. The van der Waals surface area contributed by atoms with Crippen molar-refractivity contribution in [2.24, 2.45) is 5.73 Å². The highest BCUT2D eigenvalue weighted by molar-refractivity contribution is 7.89. The Morgan fingerprint density at radius 3 is 2.69 bits per heavy atom. The fourth-order valence-corrected chi connectivity index (χ4v) is 2.38. The number of rotatable bonds is 4. The largest absolute Gasteiger partial charge is 0.327 e. The molecule has 0 aromatic heterocycles. The zero-order valence-electron chi connectivity index (χ0n) is 8.57. The summed E-state index contributed by atoms with van der Waals surface area (Å²) in [6.07, 6.45) is 0. The lowest BCUT2D eigenvalue weighted by molar-refractivity contribution is 0.573. The van der Waals surface area contributed by atoms with Crippen molar-refractivity contribution in [1.29, 1.82) is 0 Å². The van der Waals surface area contributed by atoms with Gasteiger partial charge in [-0.3, -0.25) is 0 Å². The topological polar surface area (TPSA) is 72.2 Å². The average Bonchev–Trinajstić information content (AvgIpc) is 2.19. The van der Waals surface area contributed by atoms with Gasteiger partial charge in [-0.15, -0.1) is 0 Å². The number of sulfonamides is 1. The monoisotopic (exact) mass is 266 g/mol. The molecule has 0 saturated heterocycles. The van der Waals surface area contributed by atoms with Crippen LogP contribution in [-0.2, 0) is 10.0 Å². The third-order valence-corrected chi connectivity index (χ3v) is 3.51. The van der Waals surface area contributed by atoms with E-state index >= 15 is 0 Å². The van der Waals surface area contributed by atoms with Crippen molar-refractivity contribution in [2.75, 3.05) is 6.54 Å². The lowest BCUT2D eigenvalue weighted by Crippen LogP contribution is -2.35. The van der Waals surface area contributed by atoms with Crippen LogP contribution in [0.5, 0.6) is 0 Å². The highest BCUT2D eigenvalue weighted by atomic mass is 35.5. The van der Waals surface area contributed by atoms with Gasteiger partial charge in [-0.2, -0.15) is 0 Å². The Kier molecular flexibility index (Phi) is 4.26. The number of halogens is 2. The first-order valence-corrected chi connectivity index (χ1v) is 6.39. The number of benzene rings is 1. The minimum atomic E-state index is -3.68. The summed E-state index contributed by atoms with van der Waals surface area (Å²) in [4.78, 5) is -0.0837. The number of hydrogen-bond acceptors (Lipinski definition) is 3. The van der Waals surface area contributed by atoms with Gasteiger partial charge in [0.05, 0.1) is 9.92 Å². The van der Waals surface area contributed by atoms with Gasteiger partial charge in [0, 0.05) is 12.6 Å². The predicted molar refractivity (Wildman–Crippen MR) is 60.2 cm³/mol. The molecule has 1 atom stereocenters. The van der Waals surface area contributed by atoms with Gasteiger partial charge >= 0.3 is 0 Å². The lowest BCUT2D eigenvalue weighted by atomic mass is 10.3. The van der Waals surface area contributed by atoms with E-state index in [-0.39, 0.29) is 22.5 Å². The minimum Gasteiger partial charge on any atom is -0.327 e. The van der Waals surface area contributed by atoms with Crippen molar-refractivity contribution in [1.82, 2.24) is 4.72 Å². The van der Waals surface area contributed by atoms with Crippen molar-refractivity contribution in [2.45, 2.75) is 17.9 Å². The van der Waals surface area contributed by atoms with Crippen LogP contribution in [0.2, 0.25) is 5.02 Å². The molecule has 3 N–H and O–H groups in total. The second kappa shape index (κ2) is 5.09. The van der Waals surface area contributed by atoms with E-state index in [1.807, 2.05) is 0 Å². The van der Waals surface area contributed by atoms with E-state index in [2.05, 4.69) is 4.72 Å². The van der Waals surface area contributed by atoms with Crippen LogP contribution in [-0.4, -0.2) is 21.0 Å². The second-order valence-electron chi connectivity index (χ2n) is 3.41. The van der Waals surface area contributed by atoms with Crippen LogP contribution in [0.15, 0.2) is 23.1 Å². The third-order valence-electron chi connectivity index (χ3n) is 1.80. The molecule has 1 rings (SSSR count). The molecule has 0 heterocycles. The van der Waals surface area contributed by atoms with Gasteiger partial charge in [0.2, 0.25) is 10.0 Å². The number of hydrogen-bond donors (Lipinski definition) is 2. The van der Waals surface area contributed by atoms with Gasteiger partial charge in [-0.25, -0.2) is 17.5 Å². The molecule has 90 valence electrons. The number of nitrogens with one attached hydrogen (secondary N) is 1. The highest BCUT2D eigenvalue weighted by Crippen LogP contribution is 2.19. The molecule has 7 heteroatoms. The Morgan fingerprint density at radius 1 is 1.56 bits per heavy atom. The molecule has 1 aromatic carbocycles. The molecule has 0 amide bonds. The van der Waals surface area contributed by atoms with E-state index in [9.17, 15) is 12.8 Å². The summed E-state index contributed by atoms with van der Waals surface area (Å²) in [6.45, 7) is 1.78. The summed E-state index contributed by atoms with van der Waals surface area (Å²) in [7, 11) is -3.68. The van der Waals surface area contributed by atoms with E-state index in [1.54, 1.807) is 6.92 Å². The molecular weight excluding hydrogens is 255 g/mol. The van der Waals surface area contributed by atoms with Crippen LogP contribution in [0.25, 0.3) is 0 Å². The molecule has 0 bridgehead atoms. The molecule has 0 spiro atoms. The van der Waals surface area contributed by atoms with E-state index in [0.717, 1.165) is 18.2 Å².